The average Bonchev–Trinajstić information content (AvgIpc) is 2.85. The molecule has 0 saturated carbocycles. The maximum absolute atomic E-state index is 13.2. The van der Waals surface area contributed by atoms with E-state index in [0.717, 1.165) is 10.7 Å². The summed E-state index contributed by atoms with van der Waals surface area (Å²) in [5.74, 6) is 1.33. The molecule has 0 unspecified atom stereocenters. The van der Waals surface area contributed by atoms with Gasteiger partial charge in [0.15, 0.2) is 11.5 Å². The van der Waals surface area contributed by atoms with Crippen molar-refractivity contribution in [3.63, 3.8) is 0 Å². The van der Waals surface area contributed by atoms with Crippen molar-refractivity contribution in [3.8, 4) is 17.4 Å². The first-order chi connectivity index (χ1) is 17.2. The van der Waals surface area contributed by atoms with Crippen LogP contribution in [0.15, 0.2) is 67.5 Å². The molecule has 4 rings (SSSR count). The Morgan fingerprint density at radius 1 is 1.17 bits per heavy atom. The van der Waals surface area contributed by atoms with E-state index in [0.29, 0.717) is 38.3 Å². The first kappa shape index (κ1) is 25.5. The number of fused-ring (bicyclic) bond motifs is 1. The Labute approximate surface area is 222 Å². The lowest BCUT2D eigenvalue weighted by Gasteiger charge is -2.13. The number of aromatic nitrogens is 3. The molecular weight excluding hydrogens is 598 g/mol. The Hall–Kier alpha value is -3.64. The van der Waals surface area contributed by atoms with Gasteiger partial charge in [-0.05, 0) is 51.8 Å². The normalized spacial score (nSPS) is 11.4. The number of hydrogen-bond acceptors (Lipinski definition) is 8. The third-order valence-electron chi connectivity index (χ3n) is 5.06. The van der Waals surface area contributed by atoms with Crippen LogP contribution in [0.5, 0.6) is 17.4 Å². The monoisotopic (exact) mass is 615 g/mol. The molecule has 0 N–H and O–H groups in total. The number of hydrogen-bond donors (Lipinski definition) is 0. The molecule has 4 aromatic rings. The highest BCUT2D eigenvalue weighted by atomic mass is 79.9. The topological polar surface area (TPSA) is 122 Å². The summed E-state index contributed by atoms with van der Waals surface area (Å²) in [7, 11) is 1.48. The van der Waals surface area contributed by atoms with Gasteiger partial charge in [0.05, 0.1) is 33.6 Å². The van der Waals surface area contributed by atoms with Gasteiger partial charge in [0, 0.05) is 22.5 Å². The Morgan fingerprint density at radius 2 is 1.94 bits per heavy atom. The number of benzene rings is 2. The van der Waals surface area contributed by atoms with Crippen molar-refractivity contribution < 1.29 is 14.4 Å². The Bertz CT molecular complexity index is 1550. The van der Waals surface area contributed by atoms with Crippen molar-refractivity contribution in [2.24, 2.45) is 5.10 Å². The van der Waals surface area contributed by atoms with Gasteiger partial charge in [-0.25, -0.2) is 9.97 Å². The van der Waals surface area contributed by atoms with Gasteiger partial charge in [0.1, 0.15) is 12.0 Å². The maximum atomic E-state index is 13.2. The van der Waals surface area contributed by atoms with E-state index in [1.807, 2.05) is 19.9 Å². The third-order valence-corrected chi connectivity index (χ3v) is 6.14. The molecule has 10 nitrogen and oxygen atoms in total. The Balaban J connectivity index is 1.71. The molecule has 184 valence electrons. The minimum Gasteiger partial charge on any atom is -0.493 e. The molecule has 12 heteroatoms. The van der Waals surface area contributed by atoms with E-state index in [9.17, 15) is 14.9 Å². The van der Waals surface area contributed by atoms with E-state index in [4.69, 9.17) is 9.47 Å². The predicted octanol–water partition coefficient (Wildman–Crippen LogP) is 6.03. The summed E-state index contributed by atoms with van der Waals surface area (Å²) in [6.07, 6.45) is 2.64. The second kappa shape index (κ2) is 10.5. The van der Waals surface area contributed by atoms with Crippen LogP contribution in [0.2, 0.25) is 0 Å². The van der Waals surface area contributed by atoms with Gasteiger partial charge in [-0.3, -0.25) is 14.9 Å². The summed E-state index contributed by atoms with van der Waals surface area (Å²) < 4.78 is 13.9. The van der Waals surface area contributed by atoms with E-state index in [-0.39, 0.29) is 23.0 Å². The lowest BCUT2D eigenvalue weighted by atomic mass is 10.2. The largest absolute Gasteiger partial charge is 0.493 e. The highest BCUT2D eigenvalue weighted by Gasteiger charge is 2.16. The number of ether oxygens (including phenoxy) is 2. The number of rotatable bonds is 7. The minimum absolute atomic E-state index is 0.0471. The van der Waals surface area contributed by atoms with Crippen LogP contribution in [-0.4, -0.2) is 32.9 Å². The standard InChI is InChI=1S/C24H19Br2N5O5/c1-13(2)23-29-19-6-4-15(25)10-17(19)24(32)30(23)28-11-14-8-18(26)22(20(9-14)35-3)36-21-7-5-16(12-27-21)31(33)34/h4-13H,1-3H3. The second-order valence-electron chi connectivity index (χ2n) is 7.90. The summed E-state index contributed by atoms with van der Waals surface area (Å²) in [5, 5.41) is 15.7. The van der Waals surface area contributed by atoms with Crippen molar-refractivity contribution in [2.75, 3.05) is 7.11 Å². The number of methoxy groups -OCH3 is 1. The van der Waals surface area contributed by atoms with Gasteiger partial charge in [-0.1, -0.05) is 29.8 Å². The van der Waals surface area contributed by atoms with Gasteiger partial charge < -0.3 is 9.47 Å². The van der Waals surface area contributed by atoms with Gasteiger partial charge in [0.2, 0.25) is 5.88 Å². The zero-order chi connectivity index (χ0) is 26.0. The highest BCUT2D eigenvalue weighted by molar-refractivity contribution is 9.10. The van der Waals surface area contributed by atoms with E-state index in [1.54, 1.807) is 24.3 Å². The van der Waals surface area contributed by atoms with Crippen LogP contribution in [0.3, 0.4) is 0 Å². The molecule has 0 saturated heterocycles. The fourth-order valence-corrected chi connectivity index (χ4v) is 4.24. The first-order valence-corrected chi connectivity index (χ1v) is 12.2. The Morgan fingerprint density at radius 3 is 2.58 bits per heavy atom. The van der Waals surface area contributed by atoms with Crippen LogP contribution < -0.4 is 15.0 Å². The zero-order valence-electron chi connectivity index (χ0n) is 19.3. The lowest BCUT2D eigenvalue weighted by Crippen LogP contribution is -2.23. The molecule has 2 aromatic heterocycles. The van der Waals surface area contributed by atoms with Crippen LogP contribution in [0.4, 0.5) is 5.69 Å². The SMILES string of the molecule is COc1cc(C=Nn2c(C(C)C)nc3ccc(Br)cc3c2=O)cc(Br)c1Oc1ccc([N+](=O)[O-])cn1. The molecule has 36 heavy (non-hydrogen) atoms. The molecule has 0 bridgehead atoms. The van der Waals surface area contributed by atoms with Crippen molar-refractivity contribution in [1.82, 2.24) is 14.6 Å². The molecular formula is C24H19Br2N5O5. The van der Waals surface area contributed by atoms with E-state index >= 15 is 0 Å². The van der Waals surface area contributed by atoms with Crippen LogP contribution in [-0.2, 0) is 0 Å². The second-order valence-corrected chi connectivity index (χ2v) is 9.67. The van der Waals surface area contributed by atoms with Crippen molar-refractivity contribution >= 4 is 54.7 Å². The summed E-state index contributed by atoms with van der Waals surface area (Å²) in [6.45, 7) is 3.88. The molecule has 0 spiro atoms. The van der Waals surface area contributed by atoms with Gasteiger partial charge in [0.25, 0.3) is 11.2 Å². The molecule has 0 aliphatic rings. The number of nitrogens with zero attached hydrogens (tertiary/aromatic N) is 5. The molecule has 0 fully saturated rings. The molecule has 0 amide bonds. The third kappa shape index (κ3) is 5.29. The average molecular weight is 617 g/mol. The predicted molar refractivity (Wildman–Crippen MR) is 142 cm³/mol. The highest BCUT2D eigenvalue weighted by Crippen LogP contribution is 2.39. The maximum Gasteiger partial charge on any atom is 0.287 e. The minimum atomic E-state index is -0.540. The van der Waals surface area contributed by atoms with Gasteiger partial charge in [-0.2, -0.15) is 9.78 Å². The van der Waals surface area contributed by atoms with Gasteiger partial charge >= 0.3 is 0 Å². The molecule has 0 radical (unpaired) electrons. The van der Waals surface area contributed by atoms with E-state index < -0.39 is 4.92 Å². The summed E-state index contributed by atoms with van der Waals surface area (Å²) >= 11 is 6.86. The lowest BCUT2D eigenvalue weighted by molar-refractivity contribution is -0.385. The summed E-state index contributed by atoms with van der Waals surface area (Å²) in [5.41, 5.74) is 0.797. The first-order valence-electron chi connectivity index (χ1n) is 10.6. The van der Waals surface area contributed by atoms with Crippen molar-refractivity contribution in [2.45, 2.75) is 19.8 Å². The molecule has 0 atom stereocenters. The quantitative estimate of drug-likeness (QED) is 0.141. The van der Waals surface area contributed by atoms with E-state index in [1.165, 1.54) is 30.1 Å². The van der Waals surface area contributed by atoms with E-state index in [2.05, 4.69) is 46.9 Å². The van der Waals surface area contributed by atoms with Crippen LogP contribution >= 0.6 is 31.9 Å². The van der Waals surface area contributed by atoms with Gasteiger partial charge in [-0.15, -0.1) is 0 Å². The molecule has 0 aliphatic heterocycles. The van der Waals surface area contributed by atoms with Crippen LogP contribution in [0.25, 0.3) is 10.9 Å². The fourth-order valence-electron chi connectivity index (χ4n) is 3.33. The number of pyridine rings is 1. The molecule has 2 heterocycles. The summed E-state index contributed by atoms with van der Waals surface area (Å²) in [4.78, 5) is 32.1. The number of nitro groups is 1. The Kier molecular flexibility index (Phi) is 7.45. The smallest absolute Gasteiger partial charge is 0.287 e. The van der Waals surface area contributed by atoms with Crippen molar-refractivity contribution in [3.05, 3.63) is 89.5 Å². The fraction of sp³-hybridized carbons (Fsp3) is 0.167. The number of halogens is 2. The zero-order valence-corrected chi connectivity index (χ0v) is 22.5. The van der Waals surface area contributed by atoms with Crippen LogP contribution in [0.1, 0.15) is 31.2 Å². The van der Waals surface area contributed by atoms with Crippen molar-refractivity contribution in [1.29, 1.82) is 0 Å². The molecule has 2 aromatic carbocycles. The van der Waals surface area contributed by atoms with Crippen LogP contribution in [0, 0.1) is 10.1 Å². The molecule has 0 aliphatic carbocycles. The summed E-state index contributed by atoms with van der Waals surface area (Å²) in [6, 6.07) is 11.5.